The number of carbonyl (C=O) groups excluding carboxylic acids is 3. The largest absolute Gasteiger partial charge is 0.443 e. The van der Waals surface area contributed by atoms with Crippen LogP contribution in [-0.4, -0.2) is 82.4 Å². The number of hydrogen-bond acceptors (Lipinski definition) is 5. The molecule has 2 rings (SSSR count). The molecule has 0 spiro atoms. The van der Waals surface area contributed by atoms with Crippen LogP contribution < -0.4 is 0 Å². The first-order valence-corrected chi connectivity index (χ1v) is 12.0. The van der Waals surface area contributed by atoms with Crippen LogP contribution in [0.4, 0.5) is 14.4 Å². The highest BCUT2D eigenvalue weighted by atomic mass is 79.9. The molecule has 11 heteroatoms. The number of hydrogen-bond donors (Lipinski definition) is 0. The summed E-state index contributed by atoms with van der Waals surface area (Å²) < 4.78 is 12.0. The second kappa shape index (κ2) is 10.8. The van der Waals surface area contributed by atoms with Crippen molar-refractivity contribution in [2.45, 2.75) is 66.2 Å². The molecule has 1 saturated heterocycles. The standard InChI is InChI=1S/C24H36BrN5O5/c1-16-10-11-17(12-18(16)25)13-30(22(33)35-24(5,6)7)19(26-20(31)34-23(2,3)4)29-14-27(8)21(32)28(9)15-29/h10-12H,13-15H2,1-9H3. The van der Waals surface area contributed by atoms with Crippen LogP contribution in [0.15, 0.2) is 27.7 Å². The summed E-state index contributed by atoms with van der Waals surface area (Å²) in [7, 11) is 3.26. The number of urea groups is 1. The van der Waals surface area contributed by atoms with Gasteiger partial charge >= 0.3 is 18.2 Å². The number of aryl methyl sites for hydroxylation is 1. The number of ether oxygens (including phenoxy) is 2. The van der Waals surface area contributed by atoms with Gasteiger partial charge in [0.15, 0.2) is 0 Å². The van der Waals surface area contributed by atoms with Gasteiger partial charge in [0.1, 0.15) is 11.2 Å². The Morgan fingerprint density at radius 3 is 2.06 bits per heavy atom. The van der Waals surface area contributed by atoms with Gasteiger partial charge in [-0.05, 0) is 65.7 Å². The summed E-state index contributed by atoms with van der Waals surface area (Å²) in [6.07, 6.45) is -1.54. The van der Waals surface area contributed by atoms with E-state index in [1.54, 1.807) is 60.5 Å². The van der Waals surface area contributed by atoms with E-state index in [1.165, 1.54) is 14.7 Å². The number of carbonyl (C=O) groups is 3. The molecule has 0 radical (unpaired) electrons. The van der Waals surface area contributed by atoms with Crippen molar-refractivity contribution in [2.75, 3.05) is 27.4 Å². The van der Waals surface area contributed by atoms with Gasteiger partial charge in [-0.15, -0.1) is 4.99 Å². The Labute approximate surface area is 216 Å². The summed E-state index contributed by atoms with van der Waals surface area (Å²) in [4.78, 5) is 48.6. The quantitative estimate of drug-likeness (QED) is 0.377. The lowest BCUT2D eigenvalue weighted by Crippen LogP contribution is -2.60. The average Bonchev–Trinajstić information content (AvgIpc) is 2.68. The Morgan fingerprint density at radius 1 is 1.03 bits per heavy atom. The molecule has 0 aromatic heterocycles. The summed E-state index contributed by atoms with van der Waals surface area (Å²) >= 11 is 3.53. The van der Waals surface area contributed by atoms with Crippen molar-refractivity contribution in [2.24, 2.45) is 4.99 Å². The van der Waals surface area contributed by atoms with E-state index in [-0.39, 0.29) is 31.9 Å². The van der Waals surface area contributed by atoms with E-state index in [9.17, 15) is 14.4 Å². The molecule has 10 nitrogen and oxygen atoms in total. The number of benzene rings is 1. The maximum absolute atomic E-state index is 13.4. The van der Waals surface area contributed by atoms with E-state index in [4.69, 9.17) is 9.47 Å². The van der Waals surface area contributed by atoms with Gasteiger partial charge < -0.3 is 24.2 Å². The highest BCUT2D eigenvalue weighted by Gasteiger charge is 2.35. The molecule has 0 bridgehead atoms. The third-order valence-electron chi connectivity index (χ3n) is 4.72. The van der Waals surface area contributed by atoms with Gasteiger partial charge in [-0.2, -0.15) is 0 Å². The van der Waals surface area contributed by atoms with Gasteiger partial charge in [-0.25, -0.2) is 19.3 Å². The van der Waals surface area contributed by atoms with E-state index in [0.29, 0.717) is 0 Å². The summed E-state index contributed by atoms with van der Waals surface area (Å²) in [6, 6.07) is 5.53. The zero-order valence-electron chi connectivity index (χ0n) is 22.0. The Bertz CT molecular complexity index is 985. The van der Waals surface area contributed by atoms with Crippen LogP contribution in [0.2, 0.25) is 0 Å². The highest BCUT2D eigenvalue weighted by molar-refractivity contribution is 9.10. The van der Waals surface area contributed by atoms with Crippen molar-refractivity contribution in [1.29, 1.82) is 0 Å². The number of rotatable bonds is 2. The number of aliphatic imine (C=N–C) groups is 1. The predicted octanol–water partition coefficient (Wildman–Crippen LogP) is 5.00. The molecule has 0 aliphatic carbocycles. The van der Waals surface area contributed by atoms with Gasteiger partial charge in [0, 0.05) is 18.6 Å². The lowest BCUT2D eigenvalue weighted by atomic mass is 10.1. The third kappa shape index (κ3) is 8.41. The molecule has 0 atom stereocenters. The van der Waals surface area contributed by atoms with Crippen LogP contribution in [0, 0.1) is 6.92 Å². The average molecular weight is 554 g/mol. The second-order valence-electron chi connectivity index (χ2n) is 10.5. The monoisotopic (exact) mass is 553 g/mol. The molecule has 1 aromatic carbocycles. The minimum absolute atomic E-state index is 0.0244. The molecule has 1 aliphatic rings. The fourth-order valence-electron chi connectivity index (χ4n) is 3.22. The number of halogens is 1. The predicted molar refractivity (Wildman–Crippen MR) is 137 cm³/mol. The van der Waals surface area contributed by atoms with Crippen LogP contribution in [0.25, 0.3) is 0 Å². The maximum atomic E-state index is 13.4. The van der Waals surface area contributed by atoms with Crippen molar-refractivity contribution >= 4 is 40.1 Å². The lowest BCUT2D eigenvalue weighted by molar-refractivity contribution is 0.0300. The normalized spacial score (nSPS) is 15.3. The first-order chi connectivity index (χ1) is 16.0. The molecule has 1 fully saturated rings. The Kier molecular flexibility index (Phi) is 8.80. The van der Waals surface area contributed by atoms with Gasteiger partial charge in [0.05, 0.1) is 19.9 Å². The van der Waals surface area contributed by atoms with Gasteiger partial charge in [0.2, 0.25) is 5.96 Å². The topological polar surface area (TPSA) is 95.0 Å². The zero-order chi connectivity index (χ0) is 26.7. The van der Waals surface area contributed by atoms with Crippen molar-refractivity contribution in [3.63, 3.8) is 0 Å². The SMILES string of the molecule is Cc1ccc(CN(C(=O)OC(C)(C)C)C(=NC(=O)OC(C)(C)C)N2CN(C)C(=O)N(C)C2)cc1Br. The maximum Gasteiger partial charge on any atom is 0.437 e. The van der Waals surface area contributed by atoms with E-state index in [2.05, 4.69) is 20.9 Å². The molecule has 0 saturated carbocycles. The summed E-state index contributed by atoms with van der Waals surface area (Å²) in [5.74, 6) is 0.0244. The smallest absolute Gasteiger partial charge is 0.437 e. The minimum Gasteiger partial charge on any atom is -0.443 e. The molecule has 0 unspecified atom stereocenters. The Balaban J connectivity index is 2.59. The van der Waals surface area contributed by atoms with Crippen LogP contribution in [0.5, 0.6) is 0 Å². The Morgan fingerprint density at radius 2 is 1.57 bits per heavy atom. The summed E-state index contributed by atoms with van der Waals surface area (Å²) in [5.41, 5.74) is 0.263. The fourth-order valence-corrected chi connectivity index (χ4v) is 3.64. The van der Waals surface area contributed by atoms with E-state index in [1.807, 2.05) is 25.1 Å². The molecule has 194 valence electrons. The molecular formula is C24H36BrN5O5. The minimum atomic E-state index is -0.853. The van der Waals surface area contributed by atoms with Crippen LogP contribution in [-0.2, 0) is 16.0 Å². The van der Waals surface area contributed by atoms with Crippen LogP contribution in [0.3, 0.4) is 0 Å². The van der Waals surface area contributed by atoms with Gasteiger partial charge in [0.25, 0.3) is 0 Å². The van der Waals surface area contributed by atoms with Crippen molar-refractivity contribution in [3.05, 3.63) is 33.8 Å². The second-order valence-corrected chi connectivity index (χ2v) is 11.4. The zero-order valence-corrected chi connectivity index (χ0v) is 23.6. The van der Waals surface area contributed by atoms with Crippen LogP contribution in [0.1, 0.15) is 52.7 Å². The summed E-state index contributed by atoms with van der Waals surface area (Å²) in [5, 5.41) is 0. The van der Waals surface area contributed by atoms with Crippen molar-refractivity contribution in [1.82, 2.24) is 19.6 Å². The molecule has 1 heterocycles. The van der Waals surface area contributed by atoms with Crippen LogP contribution >= 0.6 is 15.9 Å². The first-order valence-electron chi connectivity index (χ1n) is 11.3. The Hall–Kier alpha value is -2.82. The van der Waals surface area contributed by atoms with E-state index < -0.39 is 23.4 Å². The van der Waals surface area contributed by atoms with Crippen molar-refractivity contribution in [3.8, 4) is 0 Å². The third-order valence-corrected chi connectivity index (χ3v) is 5.57. The lowest BCUT2D eigenvalue weighted by Gasteiger charge is -2.42. The molecular weight excluding hydrogens is 518 g/mol. The molecule has 1 aromatic rings. The number of guanidine groups is 1. The number of amides is 4. The van der Waals surface area contributed by atoms with Gasteiger partial charge in [-0.1, -0.05) is 28.1 Å². The van der Waals surface area contributed by atoms with E-state index >= 15 is 0 Å². The molecule has 1 aliphatic heterocycles. The first kappa shape index (κ1) is 28.4. The molecule has 4 amide bonds. The number of nitrogens with zero attached hydrogens (tertiary/aromatic N) is 5. The molecule has 35 heavy (non-hydrogen) atoms. The fraction of sp³-hybridized carbons (Fsp3) is 0.583. The summed E-state index contributed by atoms with van der Waals surface area (Å²) in [6.45, 7) is 12.7. The van der Waals surface area contributed by atoms with Crippen molar-refractivity contribution < 1.29 is 23.9 Å². The highest BCUT2D eigenvalue weighted by Crippen LogP contribution is 2.22. The van der Waals surface area contributed by atoms with Gasteiger partial charge in [-0.3, -0.25) is 0 Å². The molecule has 0 N–H and O–H groups in total. The van der Waals surface area contributed by atoms with E-state index in [0.717, 1.165) is 15.6 Å².